The average Bonchev–Trinajstić information content (AvgIpc) is 2.64. The highest BCUT2D eigenvalue weighted by Crippen LogP contribution is 2.30. The number of nitrogens with two attached hydrogens (primary N) is 1. The van der Waals surface area contributed by atoms with Gasteiger partial charge in [0.2, 0.25) is 6.04 Å². The molecule has 2 atom stereocenters. The number of aliphatic imine (C=N–C) groups is 1. The number of amides is 3. The number of carbonyl (C=O) groups excluding carboxylic acids is 2. The fourth-order valence-electron chi connectivity index (χ4n) is 3.84. The number of quaternary nitrogens is 1. The normalized spacial score (nSPS) is 25.5. The summed E-state index contributed by atoms with van der Waals surface area (Å²) in [5.74, 6) is 0.170. The molecule has 154 valence electrons. The van der Waals surface area contributed by atoms with Crippen LogP contribution < -0.4 is 15.5 Å². The first-order valence-corrected chi connectivity index (χ1v) is 9.71. The number of hydrogen-bond acceptors (Lipinski definition) is 4. The van der Waals surface area contributed by atoms with Crippen LogP contribution in [0, 0.1) is 6.92 Å². The first-order valence-electron chi connectivity index (χ1n) is 9.71. The molecule has 3 rings (SSSR count). The lowest BCUT2D eigenvalue weighted by molar-refractivity contribution is -0.126. The molecule has 7 nitrogen and oxygen atoms in total. The van der Waals surface area contributed by atoms with Crippen molar-refractivity contribution in [2.45, 2.75) is 45.1 Å². The van der Waals surface area contributed by atoms with E-state index in [-0.39, 0.29) is 41.1 Å². The van der Waals surface area contributed by atoms with Crippen molar-refractivity contribution in [3.8, 4) is 0 Å². The largest absolute Gasteiger partial charge is 0.427 e. The predicted molar refractivity (Wildman–Crippen MR) is 121 cm³/mol. The van der Waals surface area contributed by atoms with Crippen molar-refractivity contribution >= 4 is 47.4 Å². The van der Waals surface area contributed by atoms with Gasteiger partial charge in [0.1, 0.15) is 24.7 Å². The second-order valence-electron chi connectivity index (χ2n) is 7.34. The number of aryl methyl sites for hydroxylation is 1. The minimum absolute atomic E-state index is 0. The zero-order valence-corrected chi connectivity index (χ0v) is 18.7. The maximum absolute atomic E-state index is 13.5. The summed E-state index contributed by atoms with van der Waals surface area (Å²) in [6.07, 6.45) is 5.11. The number of urea groups is 1. The number of morpholine rings is 1. The Morgan fingerprint density at radius 3 is 2.61 bits per heavy atom. The molecule has 2 heterocycles. The molecule has 1 aromatic carbocycles. The molecule has 2 unspecified atom stereocenters. The third-order valence-corrected chi connectivity index (χ3v) is 5.46. The van der Waals surface area contributed by atoms with E-state index in [2.05, 4.69) is 10.3 Å². The third-order valence-electron chi connectivity index (χ3n) is 5.46. The van der Waals surface area contributed by atoms with Crippen molar-refractivity contribution in [3.63, 3.8) is 0 Å². The lowest BCUT2D eigenvalue weighted by Crippen LogP contribution is -2.72. The van der Waals surface area contributed by atoms with Crippen LogP contribution in [-0.2, 0) is 9.53 Å². The number of nitrogens with one attached hydrogen (secondary N) is 1. The molecule has 1 aromatic rings. The molecule has 2 aliphatic rings. The first-order chi connectivity index (χ1) is 13.0. The lowest BCUT2D eigenvalue weighted by Gasteiger charge is -2.42. The predicted octanol–water partition coefficient (Wildman–Crippen LogP) is 2.88. The summed E-state index contributed by atoms with van der Waals surface area (Å²) in [4.78, 5) is 30.3. The fourth-order valence-corrected chi connectivity index (χ4v) is 3.84. The molecule has 8 heteroatoms. The van der Waals surface area contributed by atoms with Crippen molar-refractivity contribution in [2.24, 2.45) is 10.7 Å². The van der Waals surface area contributed by atoms with E-state index in [1.807, 2.05) is 31.2 Å². The van der Waals surface area contributed by atoms with Gasteiger partial charge in [-0.2, -0.15) is 4.48 Å². The summed E-state index contributed by atoms with van der Waals surface area (Å²) >= 11 is 0. The van der Waals surface area contributed by atoms with Crippen molar-refractivity contribution in [2.75, 3.05) is 26.3 Å². The molecule has 0 radical (unpaired) electrons. The van der Waals surface area contributed by atoms with Gasteiger partial charge in [-0.15, -0.1) is 24.0 Å². The topological polar surface area (TPSA) is 93.8 Å². The van der Waals surface area contributed by atoms with Crippen LogP contribution in [0.3, 0.4) is 0 Å². The second-order valence-corrected chi connectivity index (χ2v) is 7.34. The van der Waals surface area contributed by atoms with Crippen LogP contribution in [0.5, 0.6) is 0 Å². The van der Waals surface area contributed by atoms with Gasteiger partial charge in [0.25, 0.3) is 5.91 Å². The molecule has 2 aliphatic heterocycles. The van der Waals surface area contributed by atoms with Gasteiger partial charge in [0.15, 0.2) is 0 Å². The number of carbonyl (C=O) groups is 2. The van der Waals surface area contributed by atoms with Crippen molar-refractivity contribution in [1.82, 2.24) is 9.80 Å². The van der Waals surface area contributed by atoms with Gasteiger partial charge in [-0.25, -0.2) is 4.79 Å². The van der Waals surface area contributed by atoms with E-state index in [1.54, 1.807) is 0 Å². The molecule has 28 heavy (non-hydrogen) atoms. The number of amidine groups is 1. The van der Waals surface area contributed by atoms with Gasteiger partial charge in [-0.3, -0.25) is 15.1 Å². The van der Waals surface area contributed by atoms with E-state index in [9.17, 15) is 9.59 Å². The number of rotatable bonds is 2. The van der Waals surface area contributed by atoms with Gasteiger partial charge in [0.05, 0.1) is 6.61 Å². The van der Waals surface area contributed by atoms with Crippen LogP contribution in [0.25, 0.3) is 0 Å². The molecule has 0 saturated carbocycles. The molecule has 3 N–H and O–H groups in total. The summed E-state index contributed by atoms with van der Waals surface area (Å²) in [6, 6.07) is 6.67. The molecule has 1 fully saturated rings. The van der Waals surface area contributed by atoms with Crippen molar-refractivity contribution < 1.29 is 14.3 Å². The number of nitrogens with zero attached hydrogens (tertiary/aromatic N) is 2. The van der Waals surface area contributed by atoms with Crippen LogP contribution in [0.1, 0.15) is 37.7 Å². The molecule has 3 amide bonds. The standard InChI is InChI=1S/C20H28N4O3.HI/c1-15-7-9-16(10-8-15)24(12-13-27-14-17(24)19(21)25)20(26)23-18-6-4-2-3-5-11-22-18;/h7-10,17H,2-6,11-14H2,1H3,(H2-,21,22,23,25,26);1H/p+1. The zero-order chi connectivity index (χ0) is 19.3. The maximum Gasteiger partial charge on any atom is 0.427 e. The smallest absolute Gasteiger partial charge is 0.369 e. The molecular weight excluding hydrogens is 471 g/mol. The van der Waals surface area contributed by atoms with E-state index in [4.69, 9.17) is 10.5 Å². The van der Waals surface area contributed by atoms with Gasteiger partial charge in [0, 0.05) is 13.0 Å². The summed E-state index contributed by atoms with van der Waals surface area (Å²) in [5.41, 5.74) is 7.52. The van der Waals surface area contributed by atoms with Crippen LogP contribution in [-0.4, -0.2) is 50.1 Å². The van der Waals surface area contributed by atoms with Crippen LogP contribution >= 0.6 is 24.0 Å². The Balaban J connectivity index is 0.00000280. The molecule has 0 aromatic heterocycles. The minimum Gasteiger partial charge on any atom is -0.369 e. The summed E-state index contributed by atoms with van der Waals surface area (Å²) in [7, 11) is 0. The minimum atomic E-state index is -0.768. The van der Waals surface area contributed by atoms with Crippen molar-refractivity contribution in [3.05, 3.63) is 29.8 Å². The number of primary amides is 1. The number of ether oxygens (including phenoxy) is 1. The monoisotopic (exact) mass is 501 g/mol. The van der Waals surface area contributed by atoms with E-state index in [1.165, 1.54) is 6.42 Å². The quantitative estimate of drug-likeness (QED) is 0.482. The van der Waals surface area contributed by atoms with E-state index >= 15 is 0 Å². The Hall–Kier alpha value is -1.52. The molecular formula is C20H30IN4O3+. The molecule has 1 saturated heterocycles. The SMILES string of the molecule is Cc1ccc([N+]2(C(=O)NC3=NCCCCCC3)CCOCC2C(N)=O)cc1.I. The van der Waals surface area contributed by atoms with Gasteiger partial charge in [-0.05, 0) is 31.9 Å². The highest BCUT2D eigenvalue weighted by Gasteiger charge is 2.52. The van der Waals surface area contributed by atoms with Gasteiger partial charge < -0.3 is 10.5 Å². The average molecular weight is 501 g/mol. The Kier molecular flexibility index (Phi) is 8.38. The van der Waals surface area contributed by atoms with Crippen LogP contribution in [0.2, 0.25) is 0 Å². The van der Waals surface area contributed by atoms with Gasteiger partial charge >= 0.3 is 6.03 Å². The zero-order valence-electron chi connectivity index (χ0n) is 16.4. The van der Waals surface area contributed by atoms with Crippen LogP contribution in [0.15, 0.2) is 29.3 Å². The van der Waals surface area contributed by atoms with E-state index in [0.717, 1.165) is 43.5 Å². The van der Waals surface area contributed by atoms with E-state index in [0.29, 0.717) is 19.0 Å². The highest BCUT2D eigenvalue weighted by atomic mass is 127. The molecule has 0 aliphatic carbocycles. The summed E-state index contributed by atoms with van der Waals surface area (Å²) in [5, 5.41) is 3.02. The summed E-state index contributed by atoms with van der Waals surface area (Å²) in [6.45, 7) is 3.58. The van der Waals surface area contributed by atoms with Crippen LogP contribution in [0.4, 0.5) is 10.5 Å². The maximum atomic E-state index is 13.5. The number of benzene rings is 1. The molecule has 0 bridgehead atoms. The van der Waals surface area contributed by atoms with Gasteiger partial charge in [-0.1, -0.05) is 30.5 Å². The second kappa shape index (κ2) is 10.3. The first kappa shape index (κ1) is 22.8. The molecule has 0 spiro atoms. The third kappa shape index (κ3) is 4.90. The Labute approximate surface area is 183 Å². The Morgan fingerprint density at radius 1 is 1.18 bits per heavy atom. The number of halogens is 1. The fraction of sp³-hybridized carbons (Fsp3) is 0.550. The summed E-state index contributed by atoms with van der Waals surface area (Å²) < 4.78 is 5.32. The lowest BCUT2D eigenvalue weighted by atomic mass is 10.1. The van der Waals surface area contributed by atoms with E-state index < -0.39 is 11.9 Å². The van der Waals surface area contributed by atoms with Crippen molar-refractivity contribution in [1.29, 1.82) is 0 Å². The highest BCUT2D eigenvalue weighted by molar-refractivity contribution is 14.0. The Morgan fingerprint density at radius 2 is 1.89 bits per heavy atom. The number of hydrogen-bond donors (Lipinski definition) is 2. The Bertz CT molecular complexity index is 723.